The SMILES string of the molecule is Cc1cc2c(cc1C)C(O)=CC(=O)C2=O. The minimum atomic E-state index is -0.664. The van der Waals surface area contributed by atoms with Crippen LogP contribution in [0.25, 0.3) is 5.76 Å². The number of hydrogen-bond acceptors (Lipinski definition) is 3. The Hall–Kier alpha value is -1.90. The number of ketones is 2. The third kappa shape index (κ3) is 1.36. The normalized spacial score (nSPS) is 14.9. The maximum absolute atomic E-state index is 11.5. The van der Waals surface area contributed by atoms with E-state index < -0.39 is 11.6 Å². The summed E-state index contributed by atoms with van der Waals surface area (Å²) >= 11 is 0. The van der Waals surface area contributed by atoms with E-state index in [-0.39, 0.29) is 5.76 Å². The molecule has 76 valence electrons. The Bertz CT molecular complexity index is 510. The van der Waals surface area contributed by atoms with E-state index in [2.05, 4.69) is 0 Å². The molecule has 0 aliphatic heterocycles. The Balaban J connectivity index is 2.76. The Morgan fingerprint density at radius 1 is 1.00 bits per heavy atom. The standard InChI is InChI=1S/C12H10O3/c1-6-3-8-9(4-7(6)2)12(15)11(14)5-10(8)13/h3-5,13H,1-2H3. The van der Waals surface area contributed by atoms with Gasteiger partial charge in [0.2, 0.25) is 11.6 Å². The number of aliphatic hydroxyl groups excluding tert-OH is 1. The van der Waals surface area contributed by atoms with Gasteiger partial charge in [-0.2, -0.15) is 0 Å². The Morgan fingerprint density at radius 2 is 1.53 bits per heavy atom. The zero-order chi connectivity index (χ0) is 11.2. The molecular weight excluding hydrogens is 192 g/mol. The molecule has 0 saturated heterocycles. The number of fused-ring (bicyclic) bond motifs is 1. The molecule has 3 nitrogen and oxygen atoms in total. The molecule has 1 aliphatic carbocycles. The van der Waals surface area contributed by atoms with Gasteiger partial charge in [-0.05, 0) is 37.1 Å². The van der Waals surface area contributed by atoms with E-state index >= 15 is 0 Å². The first kappa shape index (κ1) is 9.65. The first-order chi connectivity index (χ1) is 7.00. The molecular formula is C12H10O3. The second-order valence-corrected chi connectivity index (χ2v) is 3.71. The van der Waals surface area contributed by atoms with Gasteiger partial charge in [-0.1, -0.05) is 0 Å². The fourth-order valence-electron chi connectivity index (χ4n) is 1.62. The second kappa shape index (κ2) is 3.05. The average molecular weight is 202 g/mol. The fourth-order valence-corrected chi connectivity index (χ4v) is 1.62. The molecule has 1 N–H and O–H groups in total. The highest BCUT2D eigenvalue weighted by molar-refractivity contribution is 6.50. The van der Waals surface area contributed by atoms with Crippen molar-refractivity contribution in [3.8, 4) is 0 Å². The number of aliphatic hydroxyl groups is 1. The van der Waals surface area contributed by atoms with Gasteiger partial charge in [-0.25, -0.2) is 0 Å². The molecule has 0 radical (unpaired) electrons. The molecule has 0 bridgehead atoms. The van der Waals surface area contributed by atoms with Crippen molar-refractivity contribution in [2.24, 2.45) is 0 Å². The number of carbonyl (C=O) groups is 2. The topological polar surface area (TPSA) is 54.4 Å². The van der Waals surface area contributed by atoms with Crippen LogP contribution in [0, 0.1) is 13.8 Å². The van der Waals surface area contributed by atoms with Crippen molar-refractivity contribution in [3.63, 3.8) is 0 Å². The maximum Gasteiger partial charge on any atom is 0.233 e. The van der Waals surface area contributed by atoms with E-state index in [9.17, 15) is 14.7 Å². The summed E-state index contributed by atoms with van der Waals surface area (Å²) in [7, 11) is 0. The lowest BCUT2D eigenvalue weighted by molar-refractivity contribution is -0.111. The van der Waals surface area contributed by atoms with E-state index in [1.165, 1.54) is 0 Å². The lowest BCUT2D eigenvalue weighted by Crippen LogP contribution is -2.19. The number of allylic oxidation sites excluding steroid dienone is 1. The first-order valence-electron chi connectivity index (χ1n) is 4.61. The number of aryl methyl sites for hydroxylation is 2. The summed E-state index contributed by atoms with van der Waals surface area (Å²) in [6, 6.07) is 3.37. The Morgan fingerprint density at radius 3 is 2.13 bits per heavy atom. The number of Topliss-reactive ketones (excluding diaryl/α,β-unsaturated/α-hetero) is 1. The summed E-state index contributed by atoms with van der Waals surface area (Å²) in [5.41, 5.74) is 2.66. The van der Waals surface area contributed by atoms with E-state index in [0.717, 1.165) is 17.2 Å². The van der Waals surface area contributed by atoms with Crippen molar-refractivity contribution in [2.75, 3.05) is 0 Å². The molecule has 0 amide bonds. The minimum absolute atomic E-state index is 0.127. The van der Waals surface area contributed by atoms with Gasteiger partial charge >= 0.3 is 0 Å². The molecule has 15 heavy (non-hydrogen) atoms. The number of benzene rings is 1. The third-order valence-electron chi connectivity index (χ3n) is 2.65. The number of carbonyl (C=O) groups excluding carboxylic acids is 2. The molecule has 1 aromatic rings. The molecule has 1 aliphatic rings. The van der Waals surface area contributed by atoms with Crippen LogP contribution in [-0.2, 0) is 4.79 Å². The Kier molecular flexibility index (Phi) is 1.96. The van der Waals surface area contributed by atoms with Crippen molar-refractivity contribution in [2.45, 2.75) is 13.8 Å². The lowest BCUT2D eigenvalue weighted by atomic mass is 9.90. The van der Waals surface area contributed by atoms with Crippen molar-refractivity contribution in [1.29, 1.82) is 0 Å². The van der Waals surface area contributed by atoms with Gasteiger partial charge in [0.25, 0.3) is 0 Å². The Labute approximate surface area is 87.0 Å². The van der Waals surface area contributed by atoms with E-state index in [1.807, 2.05) is 13.8 Å². The highest BCUT2D eigenvalue weighted by atomic mass is 16.3. The van der Waals surface area contributed by atoms with Gasteiger partial charge in [-0.15, -0.1) is 0 Å². The van der Waals surface area contributed by atoms with Gasteiger partial charge < -0.3 is 5.11 Å². The number of hydrogen-bond donors (Lipinski definition) is 1. The van der Waals surface area contributed by atoms with E-state index in [1.54, 1.807) is 12.1 Å². The zero-order valence-corrected chi connectivity index (χ0v) is 8.50. The predicted octanol–water partition coefficient (Wildman–Crippen LogP) is 1.97. The molecule has 0 fully saturated rings. The predicted molar refractivity (Wildman–Crippen MR) is 55.9 cm³/mol. The summed E-state index contributed by atoms with van der Waals surface area (Å²) < 4.78 is 0. The zero-order valence-electron chi connectivity index (χ0n) is 8.50. The van der Waals surface area contributed by atoms with Crippen LogP contribution in [0.5, 0.6) is 0 Å². The average Bonchev–Trinajstić information content (AvgIpc) is 2.18. The quantitative estimate of drug-likeness (QED) is 0.654. The number of rotatable bonds is 0. The monoisotopic (exact) mass is 202 g/mol. The molecule has 0 atom stereocenters. The molecule has 1 aromatic carbocycles. The highest BCUT2D eigenvalue weighted by Gasteiger charge is 2.25. The smallest absolute Gasteiger partial charge is 0.233 e. The molecule has 2 rings (SSSR count). The van der Waals surface area contributed by atoms with Crippen molar-refractivity contribution in [1.82, 2.24) is 0 Å². The van der Waals surface area contributed by atoms with Gasteiger partial charge in [0.15, 0.2) is 0 Å². The van der Waals surface area contributed by atoms with Crippen LogP contribution in [0.1, 0.15) is 27.0 Å². The van der Waals surface area contributed by atoms with Gasteiger partial charge in [0.05, 0.1) is 0 Å². The molecule has 0 unspecified atom stereocenters. The van der Waals surface area contributed by atoms with Crippen LogP contribution < -0.4 is 0 Å². The first-order valence-corrected chi connectivity index (χ1v) is 4.61. The van der Waals surface area contributed by atoms with Crippen LogP contribution in [0.3, 0.4) is 0 Å². The molecule has 0 saturated carbocycles. The van der Waals surface area contributed by atoms with Gasteiger partial charge in [-0.3, -0.25) is 9.59 Å². The highest BCUT2D eigenvalue weighted by Crippen LogP contribution is 2.25. The molecule has 0 spiro atoms. The molecule has 3 heteroatoms. The minimum Gasteiger partial charge on any atom is -0.507 e. The van der Waals surface area contributed by atoms with Crippen LogP contribution in [0.4, 0.5) is 0 Å². The third-order valence-corrected chi connectivity index (χ3v) is 2.65. The van der Waals surface area contributed by atoms with Crippen LogP contribution in [-0.4, -0.2) is 16.7 Å². The summed E-state index contributed by atoms with van der Waals surface area (Å²) in [6.45, 7) is 3.76. The van der Waals surface area contributed by atoms with Crippen LogP contribution in [0.15, 0.2) is 18.2 Å². The summed E-state index contributed by atoms with van der Waals surface area (Å²) in [6.07, 6.45) is 0.972. The molecule has 0 heterocycles. The lowest BCUT2D eigenvalue weighted by Gasteiger charge is -2.14. The summed E-state index contributed by atoms with van der Waals surface area (Å²) in [5, 5.41) is 9.55. The van der Waals surface area contributed by atoms with E-state index in [4.69, 9.17) is 0 Å². The van der Waals surface area contributed by atoms with Crippen LogP contribution >= 0.6 is 0 Å². The van der Waals surface area contributed by atoms with Gasteiger partial charge in [0, 0.05) is 17.2 Å². The van der Waals surface area contributed by atoms with Crippen molar-refractivity contribution < 1.29 is 14.7 Å². The summed E-state index contributed by atoms with van der Waals surface area (Å²) in [5.74, 6) is -1.34. The second-order valence-electron chi connectivity index (χ2n) is 3.71. The van der Waals surface area contributed by atoms with Gasteiger partial charge in [0.1, 0.15) is 5.76 Å². The van der Waals surface area contributed by atoms with Crippen LogP contribution in [0.2, 0.25) is 0 Å². The summed E-state index contributed by atoms with van der Waals surface area (Å²) in [4.78, 5) is 22.7. The molecule has 0 aromatic heterocycles. The maximum atomic E-state index is 11.5. The van der Waals surface area contributed by atoms with Crippen molar-refractivity contribution >= 4 is 17.3 Å². The largest absolute Gasteiger partial charge is 0.507 e. The van der Waals surface area contributed by atoms with Crippen molar-refractivity contribution in [3.05, 3.63) is 40.5 Å². The fraction of sp³-hybridized carbons (Fsp3) is 0.167. The van der Waals surface area contributed by atoms with E-state index in [0.29, 0.717) is 11.1 Å².